The third-order valence-electron chi connectivity index (χ3n) is 6.00. The maximum absolute atomic E-state index is 13.4. The zero-order valence-electron chi connectivity index (χ0n) is 18.2. The van der Waals surface area contributed by atoms with Crippen molar-refractivity contribution in [2.24, 2.45) is 11.3 Å². The lowest BCUT2D eigenvalue weighted by atomic mass is 9.90. The lowest BCUT2D eigenvalue weighted by Crippen LogP contribution is -2.54. The molecular formula is C23H36ClN3O2. The van der Waals surface area contributed by atoms with Crippen LogP contribution in [0.4, 0.5) is 0 Å². The van der Waals surface area contributed by atoms with Gasteiger partial charge >= 0.3 is 0 Å². The maximum Gasteiger partial charge on any atom is 0.228 e. The number of carbonyl (C=O) groups excluding carboxylic acids is 2. The molecule has 0 aromatic heterocycles. The average molecular weight is 422 g/mol. The SMILES string of the molecule is CCc1ccc(C2CNCCN2C(=O)C2CCCN(C(=O)C(C)(C)C)C2)cc1.Cl. The van der Waals surface area contributed by atoms with E-state index in [9.17, 15) is 9.59 Å². The van der Waals surface area contributed by atoms with Crippen LogP contribution in [0.3, 0.4) is 0 Å². The molecule has 2 heterocycles. The molecule has 2 aliphatic rings. The molecule has 0 aliphatic carbocycles. The summed E-state index contributed by atoms with van der Waals surface area (Å²) in [6.07, 6.45) is 2.80. The number of nitrogens with one attached hydrogen (secondary N) is 1. The highest BCUT2D eigenvalue weighted by Crippen LogP contribution is 2.29. The van der Waals surface area contributed by atoms with Crippen molar-refractivity contribution in [2.75, 3.05) is 32.7 Å². The van der Waals surface area contributed by atoms with Crippen molar-refractivity contribution in [3.05, 3.63) is 35.4 Å². The summed E-state index contributed by atoms with van der Waals surface area (Å²) in [6.45, 7) is 11.7. The number of piperazine rings is 1. The van der Waals surface area contributed by atoms with Gasteiger partial charge in [-0.1, -0.05) is 52.0 Å². The second kappa shape index (κ2) is 9.94. The number of likely N-dealkylation sites (tertiary alicyclic amines) is 1. The Labute approximate surface area is 181 Å². The van der Waals surface area contributed by atoms with Gasteiger partial charge < -0.3 is 15.1 Å². The Morgan fingerprint density at radius 3 is 2.45 bits per heavy atom. The minimum absolute atomic E-state index is 0. The molecule has 2 aliphatic heterocycles. The molecule has 5 nitrogen and oxygen atoms in total. The zero-order chi connectivity index (χ0) is 20.3. The van der Waals surface area contributed by atoms with Crippen LogP contribution in [0.5, 0.6) is 0 Å². The van der Waals surface area contributed by atoms with Crippen LogP contribution in [-0.4, -0.2) is 54.3 Å². The predicted octanol–water partition coefficient (Wildman–Crippen LogP) is 3.43. The summed E-state index contributed by atoms with van der Waals surface area (Å²) in [5.74, 6) is 0.269. The summed E-state index contributed by atoms with van der Waals surface area (Å²) in [7, 11) is 0. The number of amides is 2. The summed E-state index contributed by atoms with van der Waals surface area (Å²) in [4.78, 5) is 30.1. The first kappa shape index (κ1) is 23.7. The number of piperidine rings is 1. The molecule has 2 fully saturated rings. The molecule has 0 radical (unpaired) electrons. The number of rotatable bonds is 3. The topological polar surface area (TPSA) is 52.7 Å². The van der Waals surface area contributed by atoms with Gasteiger partial charge in [0.25, 0.3) is 0 Å². The Bertz CT molecular complexity index is 699. The van der Waals surface area contributed by atoms with Crippen molar-refractivity contribution in [1.29, 1.82) is 0 Å². The smallest absolute Gasteiger partial charge is 0.228 e. The van der Waals surface area contributed by atoms with E-state index in [-0.39, 0.29) is 36.2 Å². The Morgan fingerprint density at radius 2 is 1.83 bits per heavy atom. The van der Waals surface area contributed by atoms with Crippen molar-refractivity contribution in [1.82, 2.24) is 15.1 Å². The molecule has 0 bridgehead atoms. The highest BCUT2D eigenvalue weighted by atomic mass is 35.5. The van der Waals surface area contributed by atoms with Crippen LogP contribution in [0.2, 0.25) is 0 Å². The number of nitrogens with zero attached hydrogens (tertiary/aromatic N) is 2. The third kappa shape index (κ3) is 5.52. The molecule has 0 spiro atoms. The van der Waals surface area contributed by atoms with Gasteiger partial charge in [0.05, 0.1) is 12.0 Å². The maximum atomic E-state index is 13.4. The van der Waals surface area contributed by atoms with Crippen molar-refractivity contribution < 1.29 is 9.59 Å². The van der Waals surface area contributed by atoms with E-state index in [0.717, 1.165) is 45.4 Å². The van der Waals surface area contributed by atoms with Gasteiger partial charge in [-0.05, 0) is 30.4 Å². The summed E-state index contributed by atoms with van der Waals surface area (Å²) in [5, 5.41) is 3.44. The first-order valence-corrected chi connectivity index (χ1v) is 10.7. The highest BCUT2D eigenvalue weighted by molar-refractivity contribution is 5.85. The normalized spacial score (nSPS) is 22.8. The van der Waals surface area contributed by atoms with Crippen molar-refractivity contribution in [2.45, 2.75) is 53.0 Å². The Balaban J connectivity index is 0.00000300. The van der Waals surface area contributed by atoms with Gasteiger partial charge in [0, 0.05) is 38.1 Å². The summed E-state index contributed by atoms with van der Waals surface area (Å²) < 4.78 is 0. The Morgan fingerprint density at radius 1 is 1.14 bits per heavy atom. The molecule has 2 unspecified atom stereocenters. The van der Waals surface area contributed by atoms with E-state index < -0.39 is 5.41 Å². The van der Waals surface area contributed by atoms with E-state index in [2.05, 4.69) is 36.5 Å². The van der Waals surface area contributed by atoms with E-state index in [1.807, 2.05) is 30.6 Å². The second-order valence-corrected chi connectivity index (χ2v) is 9.19. The van der Waals surface area contributed by atoms with Gasteiger partial charge in [-0.3, -0.25) is 9.59 Å². The molecule has 2 amide bonds. The van der Waals surface area contributed by atoms with Gasteiger partial charge in [-0.2, -0.15) is 0 Å². The minimum Gasteiger partial charge on any atom is -0.341 e. The molecular weight excluding hydrogens is 386 g/mol. The Kier molecular flexibility index (Phi) is 8.12. The first-order valence-electron chi connectivity index (χ1n) is 10.7. The van der Waals surface area contributed by atoms with Gasteiger partial charge in [0.15, 0.2) is 0 Å². The van der Waals surface area contributed by atoms with E-state index in [1.54, 1.807) is 0 Å². The lowest BCUT2D eigenvalue weighted by Gasteiger charge is -2.41. The average Bonchev–Trinajstić information content (AvgIpc) is 2.72. The summed E-state index contributed by atoms with van der Waals surface area (Å²) in [6, 6.07) is 8.72. The number of carbonyl (C=O) groups is 2. The number of benzene rings is 1. The fourth-order valence-corrected chi connectivity index (χ4v) is 4.31. The molecule has 0 saturated carbocycles. The zero-order valence-corrected chi connectivity index (χ0v) is 19.1. The van der Waals surface area contributed by atoms with E-state index in [0.29, 0.717) is 6.54 Å². The number of hydrogen-bond acceptors (Lipinski definition) is 3. The van der Waals surface area contributed by atoms with E-state index in [1.165, 1.54) is 11.1 Å². The quantitative estimate of drug-likeness (QED) is 0.813. The van der Waals surface area contributed by atoms with Crippen LogP contribution in [0.1, 0.15) is 57.7 Å². The number of aryl methyl sites for hydroxylation is 1. The van der Waals surface area contributed by atoms with Gasteiger partial charge in [0.1, 0.15) is 0 Å². The molecule has 1 aromatic rings. The standard InChI is InChI=1S/C23H35N3O2.ClH/c1-5-17-8-10-18(11-9-17)20-15-24-12-14-26(20)21(27)19-7-6-13-25(16-19)22(28)23(2,3)4;/h8-11,19-20,24H,5-7,12-16H2,1-4H3;1H. The Hall–Kier alpha value is -1.59. The molecule has 1 aromatic carbocycles. The van der Waals surface area contributed by atoms with Crippen LogP contribution in [0.25, 0.3) is 0 Å². The molecule has 162 valence electrons. The van der Waals surface area contributed by atoms with E-state index >= 15 is 0 Å². The van der Waals surface area contributed by atoms with Gasteiger partial charge in [0.2, 0.25) is 11.8 Å². The van der Waals surface area contributed by atoms with Gasteiger partial charge in [-0.15, -0.1) is 12.4 Å². The molecule has 1 N–H and O–H groups in total. The molecule has 2 saturated heterocycles. The van der Waals surface area contributed by atoms with Crippen molar-refractivity contribution in [3.8, 4) is 0 Å². The van der Waals surface area contributed by atoms with Gasteiger partial charge in [-0.25, -0.2) is 0 Å². The fourth-order valence-electron chi connectivity index (χ4n) is 4.31. The van der Waals surface area contributed by atoms with Crippen LogP contribution in [0.15, 0.2) is 24.3 Å². The van der Waals surface area contributed by atoms with E-state index in [4.69, 9.17) is 0 Å². The van der Waals surface area contributed by atoms with Crippen LogP contribution in [-0.2, 0) is 16.0 Å². The third-order valence-corrected chi connectivity index (χ3v) is 6.00. The van der Waals surface area contributed by atoms with Crippen LogP contribution >= 0.6 is 12.4 Å². The molecule has 6 heteroatoms. The van der Waals surface area contributed by atoms with Crippen molar-refractivity contribution in [3.63, 3.8) is 0 Å². The van der Waals surface area contributed by atoms with Crippen LogP contribution < -0.4 is 5.32 Å². The highest BCUT2D eigenvalue weighted by Gasteiger charge is 2.37. The molecule has 3 rings (SSSR count). The summed E-state index contributed by atoms with van der Waals surface area (Å²) >= 11 is 0. The predicted molar refractivity (Wildman–Crippen MR) is 119 cm³/mol. The first-order chi connectivity index (χ1) is 13.3. The molecule has 2 atom stereocenters. The lowest BCUT2D eigenvalue weighted by molar-refractivity contribution is -0.146. The second-order valence-electron chi connectivity index (χ2n) is 9.19. The number of halogens is 1. The monoisotopic (exact) mass is 421 g/mol. The van der Waals surface area contributed by atoms with Crippen LogP contribution in [0, 0.1) is 11.3 Å². The summed E-state index contributed by atoms with van der Waals surface area (Å²) in [5.41, 5.74) is 2.11. The van der Waals surface area contributed by atoms with Crippen molar-refractivity contribution >= 4 is 24.2 Å². The largest absolute Gasteiger partial charge is 0.341 e. The minimum atomic E-state index is -0.399. The molecule has 29 heavy (non-hydrogen) atoms. The number of hydrogen-bond donors (Lipinski definition) is 1. The fraction of sp³-hybridized carbons (Fsp3) is 0.652.